The zero-order valence-electron chi connectivity index (χ0n) is 10.1. The van der Waals surface area contributed by atoms with Crippen LogP contribution in [0.1, 0.15) is 12.7 Å². The summed E-state index contributed by atoms with van der Waals surface area (Å²) in [5, 5.41) is 28.0. The van der Waals surface area contributed by atoms with Crippen molar-refractivity contribution < 1.29 is 10.0 Å². The van der Waals surface area contributed by atoms with Gasteiger partial charge in [0.15, 0.2) is 11.6 Å². The number of aliphatic hydroxyl groups is 1. The van der Waals surface area contributed by atoms with E-state index in [0.717, 1.165) is 0 Å². The van der Waals surface area contributed by atoms with Gasteiger partial charge in [-0.25, -0.2) is 0 Å². The molecule has 0 spiro atoms. The molecule has 100 valence electrons. The van der Waals surface area contributed by atoms with Crippen LogP contribution in [-0.2, 0) is 13.2 Å². The van der Waals surface area contributed by atoms with Crippen molar-refractivity contribution >= 4 is 17.3 Å². The van der Waals surface area contributed by atoms with Gasteiger partial charge in [0.2, 0.25) is 0 Å². The lowest BCUT2D eigenvalue weighted by Gasteiger charge is -2.06. The van der Waals surface area contributed by atoms with Crippen molar-refractivity contribution in [1.29, 1.82) is 0 Å². The van der Waals surface area contributed by atoms with Gasteiger partial charge in [-0.2, -0.15) is 0 Å². The summed E-state index contributed by atoms with van der Waals surface area (Å²) in [7, 11) is 0. The Labute approximate surface area is 113 Å². The quantitative estimate of drug-likeness (QED) is 0.684. The fourth-order valence-electron chi connectivity index (χ4n) is 1.81. The van der Waals surface area contributed by atoms with Crippen molar-refractivity contribution in [3.63, 3.8) is 0 Å². The van der Waals surface area contributed by atoms with Crippen LogP contribution in [0.15, 0.2) is 18.2 Å². The fourth-order valence-corrected chi connectivity index (χ4v) is 2.04. The van der Waals surface area contributed by atoms with Crippen molar-refractivity contribution in [3.05, 3.63) is 39.2 Å². The van der Waals surface area contributed by atoms with Crippen molar-refractivity contribution in [1.82, 2.24) is 14.8 Å². The number of nitro groups is 1. The topological polar surface area (TPSA) is 94.1 Å². The average Bonchev–Trinajstić information content (AvgIpc) is 2.80. The van der Waals surface area contributed by atoms with E-state index in [1.807, 2.05) is 6.92 Å². The molecule has 0 saturated carbocycles. The third kappa shape index (κ3) is 2.56. The van der Waals surface area contributed by atoms with Crippen LogP contribution in [0.2, 0.25) is 5.02 Å². The molecule has 1 heterocycles. The first-order valence-corrected chi connectivity index (χ1v) is 5.93. The van der Waals surface area contributed by atoms with E-state index in [-0.39, 0.29) is 17.3 Å². The average molecular weight is 283 g/mol. The summed E-state index contributed by atoms with van der Waals surface area (Å²) in [5.74, 6) is 0.845. The third-order valence-corrected chi connectivity index (χ3v) is 2.85. The predicted molar refractivity (Wildman–Crippen MR) is 68.7 cm³/mol. The maximum absolute atomic E-state index is 10.8. The molecule has 0 aliphatic heterocycles. The third-order valence-electron chi connectivity index (χ3n) is 2.64. The zero-order chi connectivity index (χ0) is 14.0. The highest BCUT2D eigenvalue weighted by atomic mass is 35.5. The molecule has 0 aliphatic carbocycles. The van der Waals surface area contributed by atoms with Crippen LogP contribution < -0.4 is 0 Å². The van der Waals surface area contributed by atoms with Gasteiger partial charge in [-0.05, 0) is 13.0 Å². The van der Waals surface area contributed by atoms with Gasteiger partial charge in [-0.3, -0.25) is 10.1 Å². The lowest BCUT2D eigenvalue weighted by molar-refractivity contribution is -0.384. The minimum atomic E-state index is -0.519. The van der Waals surface area contributed by atoms with E-state index < -0.39 is 4.92 Å². The van der Waals surface area contributed by atoms with Crippen LogP contribution in [0.25, 0.3) is 11.4 Å². The molecule has 1 aromatic heterocycles. The van der Waals surface area contributed by atoms with Gasteiger partial charge in [0.05, 0.1) is 4.92 Å². The van der Waals surface area contributed by atoms with Crippen molar-refractivity contribution in [2.75, 3.05) is 0 Å². The molecule has 0 atom stereocenters. The first kappa shape index (κ1) is 13.4. The highest BCUT2D eigenvalue weighted by Crippen LogP contribution is 2.27. The maximum Gasteiger partial charge on any atom is 0.271 e. The summed E-state index contributed by atoms with van der Waals surface area (Å²) in [6.07, 6.45) is 0. The van der Waals surface area contributed by atoms with E-state index in [0.29, 0.717) is 23.8 Å². The minimum absolute atomic E-state index is 0.112. The Morgan fingerprint density at radius 2 is 2.16 bits per heavy atom. The van der Waals surface area contributed by atoms with Gasteiger partial charge in [0.1, 0.15) is 6.61 Å². The Morgan fingerprint density at radius 1 is 1.42 bits per heavy atom. The number of hydrogen-bond donors (Lipinski definition) is 1. The Kier molecular flexibility index (Phi) is 3.77. The standard InChI is InChI=1S/C11H11ClN4O3/c1-2-15-10(6-17)13-14-11(15)7-3-8(12)5-9(4-7)16(18)19/h3-5,17H,2,6H2,1H3. The van der Waals surface area contributed by atoms with Gasteiger partial charge in [-0.15, -0.1) is 10.2 Å². The maximum atomic E-state index is 10.8. The molecule has 2 aromatic rings. The second-order valence-corrected chi connectivity index (χ2v) is 4.23. The number of aromatic nitrogens is 3. The lowest BCUT2D eigenvalue weighted by atomic mass is 10.2. The number of rotatable bonds is 4. The molecule has 0 amide bonds. The van der Waals surface area contributed by atoms with E-state index in [1.54, 1.807) is 10.6 Å². The minimum Gasteiger partial charge on any atom is -0.388 e. The molecular weight excluding hydrogens is 272 g/mol. The fraction of sp³-hybridized carbons (Fsp3) is 0.273. The van der Waals surface area contributed by atoms with Crippen LogP contribution in [0.4, 0.5) is 5.69 Å². The van der Waals surface area contributed by atoms with Gasteiger partial charge < -0.3 is 9.67 Å². The molecule has 1 aromatic carbocycles. The number of nitrogens with zero attached hydrogens (tertiary/aromatic N) is 4. The second-order valence-electron chi connectivity index (χ2n) is 3.80. The second kappa shape index (κ2) is 5.33. The number of non-ortho nitro benzene ring substituents is 1. The number of aliphatic hydroxyl groups excluding tert-OH is 1. The normalized spacial score (nSPS) is 10.7. The zero-order valence-corrected chi connectivity index (χ0v) is 10.8. The van der Waals surface area contributed by atoms with Crippen molar-refractivity contribution in [3.8, 4) is 11.4 Å². The van der Waals surface area contributed by atoms with E-state index in [1.165, 1.54) is 12.1 Å². The van der Waals surface area contributed by atoms with E-state index in [2.05, 4.69) is 10.2 Å². The van der Waals surface area contributed by atoms with Crippen LogP contribution in [0, 0.1) is 10.1 Å². The summed E-state index contributed by atoms with van der Waals surface area (Å²) in [6, 6.07) is 4.22. The van der Waals surface area contributed by atoms with Crippen LogP contribution in [0.5, 0.6) is 0 Å². The Balaban J connectivity index is 2.58. The molecule has 2 rings (SSSR count). The van der Waals surface area contributed by atoms with E-state index >= 15 is 0 Å². The summed E-state index contributed by atoms with van der Waals surface area (Å²) in [4.78, 5) is 10.3. The number of hydrogen-bond acceptors (Lipinski definition) is 5. The van der Waals surface area contributed by atoms with Gasteiger partial charge in [0, 0.05) is 29.3 Å². The Bertz CT molecular complexity index is 626. The number of halogens is 1. The molecule has 0 bridgehead atoms. The van der Waals surface area contributed by atoms with E-state index in [4.69, 9.17) is 16.7 Å². The molecule has 8 heteroatoms. The molecule has 0 saturated heterocycles. The number of benzene rings is 1. The largest absolute Gasteiger partial charge is 0.388 e. The molecule has 7 nitrogen and oxygen atoms in total. The smallest absolute Gasteiger partial charge is 0.271 e. The molecular formula is C11H11ClN4O3. The van der Waals surface area contributed by atoms with Gasteiger partial charge in [-0.1, -0.05) is 11.6 Å². The summed E-state index contributed by atoms with van der Waals surface area (Å²) in [6.45, 7) is 2.16. The summed E-state index contributed by atoms with van der Waals surface area (Å²) < 4.78 is 1.68. The molecule has 1 N–H and O–H groups in total. The molecule has 0 unspecified atom stereocenters. The summed E-state index contributed by atoms with van der Waals surface area (Å²) in [5.41, 5.74) is 0.381. The first-order valence-electron chi connectivity index (χ1n) is 5.55. The molecule has 0 aliphatic rings. The van der Waals surface area contributed by atoms with Crippen molar-refractivity contribution in [2.24, 2.45) is 0 Å². The van der Waals surface area contributed by atoms with Gasteiger partial charge >= 0.3 is 0 Å². The van der Waals surface area contributed by atoms with Crippen LogP contribution >= 0.6 is 11.6 Å². The van der Waals surface area contributed by atoms with Crippen LogP contribution in [-0.4, -0.2) is 24.8 Å². The van der Waals surface area contributed by atoms with Crippen LogP contribution in [0.3, 0.4) is 0 Å². The highest BCUT2D eigenvalue weighted by molar-refractivity contribution is 6.31. The highest BCUT2D eigenvalue weighted by Gasteiger charge is 2.16. The monoisotopic (exact) mass is 282 g/mol. The molecule has 0 fully saturated rings. The van der Waals surface area contributed by atoms with Crippen molar-refractivity contribution in [2.45, 2.75) is 20.1 Å². The molecule has 19 heavy (non-hydrogen) atoms. The Morgan fingerprint density at radius 3 is 2.74 bits per heavy atom. The predicted octanol–water partition coefficient (Wildman–Crippen LogP) is 2.02. The molecule has 0 radical (unpaired) electrons. The van der Waals surface area contributed by atoms with Gasteiger partial charge in [0.25, 0.3) is 5.69 Å². The number of nitro benzene ring substituents is 1. The van der Waals surface area contributed by atoms with E-state index in [9.17, 15) is 10.1 Å². The summed E-state index contributed by atoms with van der Waals surface area (Å²) >= 11 is 5.87. The Hall–Kier alpha value is -1.99. The first-order chi connectivity index (χ1) is 9.06. The SMILES string of the molecule is CCn1c(CO)nnc1-c1cc(Cl)cc([N+](=O)[O-])c1. The lowest BCUT2D eigenvalue weighted by Crippen LogP contribution is -2.03.